The Morgan fingerprint density at radius 3 is 2.71 bits per heavy atom. The zero-order chi connectivity index (χ0) is 10.6. The molecule has 0 saturated heterocycles. The number of nitrogens with zero attached hydrogens (tertiary/aromatic N) is 1. The second kappa shape index (κ2) is 4.45. The van der Waals surface area contributed by atoms with E-state index in [4.69, 9.17) is 0 Å². The van der Waals surface area contributed by atoms with Gasteiger partial charge in [-0.3, -0.25) is 4.98 Å². The topological polar surface area (TPSA) is 24.9 Å². The Hall–Kier alpha value is -1.05. The minimum atomic E-state index is 0.358. The van der Waals surface area contributed by atoms with E-state index in [0.29, 0.717) is 5.41 Å². The lowest BCUT2D eigenvalue weighted by atomic mass is 9.90. The highest BCUT2D eigenvalue weighted by molar-refractivity contribution is 5.43. The third-order valence-corrected chi connectivity index (χ3v) is 2.62. The van der Waals surface area contributed by atoms with E-state index in [0.717, 1.165) is 12.2 Å². The summed E-state index contributed by atoms with van der Waals surface area (Å²) in [4.78, 5) is 4.16. The standard InChI is InChI=1S/C12H20N2/c1-5-12(3,4)9-14-11-6-7-13-10(2)8-11/h6-8H,5,9H2,1-4H3,(H,13,14). The molecule has 2 heteroatoms. The zero-order valence-electron chi connectivity index (χ0n) is 9.59. The van der Waals surface area contributed by atoms with Crippen molar-refractivity contribution < 1.29 is 0 Å². The van der Waals surface area contributed by atoms with Gasteiger partial charge in [-0.25, -0.2) is 0 Å². The first-order valence-electron chi connectivity index (χ1n) is 5.20. The van der Waals surface area contributed by atoms with Crippen molar-refractivity contribution in [1.82, 2.24) is 4.98 Å². The number of anilines is 1. The molecule has 1 N–H and O–H groups in total. The van der Waals surface area contributed by atoms with Crippen LogP contribution in [0.1, 0.15) is 32.9 Å². The van der Waals surface area contributed by atoms with Gasteiger partial charge in [-0.1, -0.05) is 20.8 Å². The largest absolute Gasteiger partial charge is 0.384 e. The van der Waals surface area contributed by atoms with Gasteiger partial charge in [0.25, 0.3) is 0 Å². The molecule has 0 aliphatic rings. The van der Waals surface area contributed by atoms with Crippen LogP contribution in [0.5, 0.6) is 0 Å². The Bertz CT molecular complexity index is 292. The molecule has 1 aromatic heterocycles. The molecule has 0 aliphatic carbocycles. The summed E-state index contributed by atoms with van der Waals surface area (Å²) in [6.45, 7) is 9.78. The lowest BCUT2D eigenvalue weighted by molar-refractivity contribution is 0.377. The maximum atomic E-state index is 4.16. The van der Waals surface area contributed by atoms with Crippen molar-refractivity contribution in [3.63, 3.8) is 0 Å². The van der Waals surface area contributed by atoms with Crippen LogP contribution in [0.2, 0.25) is 0 Å². The minimum absolute atomic E-state index is 0.358. The average Bonchev–Trinajstić information content (AvgIpc) is 2.15. The highest BCUT2D eigenvalue weighted by Crippen LogP contribution is 2.20. The predicted molar refractivity (Wildman–Crippen MR) is 61.5 cm³/mol. The first-order chi connectivity index (χ1) is 6.53. The lowest BCUT2D eigenvalue weighted by Gasteiger charge is -2.23. The normalized spacial score (nSPS) is 11.4. The SMILES string of the molecule is CCC(C)(C)CNc1ccnc(C)c1. The number of rotatable bonds is 4. The molecule has 1 heterocycles. The molecule has 0 unspecified atom stereocenters. The molecule has 0 saturated carbocycles. The first kappa shape index (κ1) is 11.0. The molecular formula is C12H20N2. The fourth-order valence-corrected chi connectivity index (χ4v) is 1.12. The van der Waals surface area contributed by atoms with E-state index in [1.807, 2.05) is 19.2 Å². The summed E-state index contributed by atoms with van der Waals surface area (Å²) in [6.07, 6.45) is 3.03. The maximum Gasteiger partial charge on any atom is 0.0393 e. The Balaban J connectivity index is 2.54. The lowest BCUT2D eigenvalue weighted by Crippen LogP contribution is -2.21. The van der Waals surface area contributed by atoms with Gasteiger partial charge in [-0.05, 0) is 30.9 Å². The summed E-state index contributed by atoms with van der Waals surface area (Å²) < 4.78 is 0. The molecule has 0 fully saturated rings. The van der Waals surface area contributed by atoms with Gasteiger partial charge >= 0.3 is 0 Å². The van der Waals surface area contributed by atoms with Crippen molar-refractivity contribution in [3.8, 4) is 0 Å². The highest BCUT2D eigenvalue weighted by atomic mass is 14.9. The van der Waals surface area contributed by atoms with Crippen LogP contribution in [0.15, 0.2) is 18.3 Å². The van der Waals surface area contributed by atoms with Crippen molar-refractivity contribution >= 4 is 5.69 Å². The molecule has 14 heavy (non-hydrogen) atoms. The van der Waals surface area contributed by atoms with Gasteiger partial charge in [0.1, 0.15) is 0 Å². The molecule has 0 radical (unpaired) electrons. The van der Waals surface area contributed by atoms with Crippen LogP contribution in [0.3, 0.4) is 0 Å². The molecule has 0 amide bonds. The third kappa shape index (κ3) is 3.36. The minimum Gasteiger partial charge on any atom is -0.384 e. The molecule has 2 nitrogen and oxygen atoms in total. The molecule has 78 valence electrons. The van der Waals surface area contributed by atoms with Crippen LogP contribution >= 0.6 is 0 Å². The molecular weight excluding hydrogens is 172 g/mol. The van der Waals surface area contributed by atoms with Crippen LogP contribution in [0.4, 0.5) is 5.69 Å². The van der Waals surface area contributed by atoms with Gasteiger partial charge in [0.05, 0.1) is 0 Å². The van der Waals surface area contributed by atoms with Gasteiger partial charge in [-0.15, -0.1) is 0 Å². The second-order valence-electron chi connectivity index (χ2n) is 4.56. The Morgan fingerprint density at radius 2 is 2.14 bits per heavy atom. The molecule has 0 aliphatic heterocycles. The molecule has 0 atom stereocenters. The number of aryl methyl sites for hydroxylation is 1. The summed E-state index contributed by atoms with van der Waals surface area (Å²) in [5.74, 6) is 0. The molecule has 0 bridgehead atoms. The summed E-state index contributed by atoms with van der Waals surface area (Å²) in [5, 5.41) is 3.44. The summed E-state index contributed by atoms with van der Waals surface area (Å²) in [7, 11) is 0. The fraction of sp³-hybridized carbons (Fsp3) is 0.583. The van der Waals surface area contributed by atoms with Crippen molar-refractivity contribution in [2.24, 2.45) is 5.41 Å². The van der Waals surface area contributed by atoms with E-state index in [9.17, 15) is 0 Å². The third-order valence-electron chi connectivity index (χ3n) is 2.62. The number of aromatic nitrogens is 1. The van der Waals surface area contributed by atoms with Gasteiger partial charge in [0, 0.05) is 24.1 Å². The van der Waals surface area contributed by atoms with E-state index in [1.54, 1.807) is 0 Å². The van der Waals surface area contributed by atoms with Crippen molar-refractivity contribution in [2.45, 2.75) is 34.1 Å². The molecule has 1 aromatic rings. The number of pyridine rings is 1. The van der Waals surface area contributed by atoms with Crippen LogP contribution in [-0.4, -0.2) is 11.5 Å². The van der Waals surface area contributed by atoms with E-state index >= 15 is 0 Å². The van der Waals surface area contributed by atoms with Gasteiger partial charge in [-0.2, -0.15) is 0 Å². The monoisotopic (exact) mass is 192 g/mol. The first-order valence-corrected chi connectivity index (χ1v) is 5.20. The summed E-state index contributed by atoms with van der Waals surface area (Å²) in [6, 6.07) is 4.09. The quantitative estimate of drug-likeness (QED) is 0.792. The second-order valence-corrected chi connectivity index (χ2v) is 4.56. The van der Waals surface area contributed by atoms with E-state index in [1.165, 1.54) is 12.1 Å². The predicted octanol–water partition coefficient (Wildman–Crippen LogP) is 3.24. The van der Waals surface area contributed by atoms with Gasteiger partial charge in [0.15, 0.2) is 0 Å². The summed E-state index contributed by atoms with van der Waals surface area (Å²) >= 11 is 0. The molecule has 0 aromatic carbocycles. The van der Waals surface area contributed by atoms with Crippen LogP contribution < -0.4 is 5.32 Å². The Labute approximate surface area is 86.8 Å². The van der Waals surface area contributed by atoms with E-state index in [2.05, 4.69) is 37.1 Å². The van der Waals surface area contributed by atoms with Crippen LogP contribution in [-0.2, 0) is 0 Å². The van der Waals surface area contributed by atoms with Gasteiger partial charge < -0.3 is 5.32 Å². The van der Waals surface area contributed by atoms with Crippen molar-refractivity contribution in [2.75, 3.05) is 11.9 Å². The van der Waals surface area contributed by atoms with Crippen LogP contribution in [0.25, 0.3) is 0 Å². The fourth-order valence-electron chi connectivity index (χ4n) is 1.12. The Kier molecular flexibility index (Phi) is 3.50. The van der Waals surface area contributed by atoms with E-state index < -0.39 is 0 Å². The average molecular weight is 192 g/mol. The van der Waals surface area contributed by atoms with Crippen molar-refractivity contribution in [1.29, 1.82) is 0 Å². The summed E-state index contributed by atoms with van der Waals surface area (Å²) in [5.41, 5.74) is 2.58. The van der Waals surface area contributed by atoms with Crippen LogP contribution in [0, 0.1) is 12.3 Å². The number of hydrogen-bond acceptors (Lipinski definition) is 2. The molecule has 0 spiro atoms. The number of hydrogen-bond donors (Lipinski definition) is 1. The maximum absolute atomic E-state index is 4.16. The smallest absolute Gasteiger partial charge is 0.0393 e. The van der Waals surface area contributed by atoms with Crippen molar-refractivity contribution in [3.05, 3.63) is 24.0 Å². The molecule has 1 rings (SSSR count). The van der Waals surface area contributed by atoms with E-state index in [-0.39, 0.29) is 0 Å². The number of nitrogens with one attached hydrogen (secondary N) is 1. The Morgan fingerprint density at radius 1 is 1.43 bits per heavy atom. The van der Waals surface area contributed by atoms with Gasteiger partial charge in [0.2, 0.25) is 0 Å². The highest BCUT2D eigenvalue weighted by Gasteiger charge is 2.14. The zero-order valence-corrected chi connectivity index (χ0v) is 9.59.